The molecule has 0 spiro atoms. The fourth-order valence-corrected chi connectivity index (χ4v) is 2.41. The first-order valence-electron chi connectivity index (χ1n) is 8.63. The molecule has 3 N–H and O–H groups in total. The van der Waals surface area contributed by atoms with E-state index in [1.165, 1.54) is 6.07 Å². The summed E-state index contributed by atoms with van der Waals surface area (Å²) in [5.41, 5.74) is 2.27. The number of hydrogen-bond donors (Lipinski definition) is 3. The molecule has 0 aliphatic carbocycles. The van der Waals surface area contributed by atoms with Gasteiger partial charge in [0.05, 0.1) is 0 Å². The number of aryl methyl sites for hydroxylation is 1. The van der Waals surface area contributed by atoms with Gasteiger partial charge in [-0.15, -0.1) is 24.0 Å². The highest BCUT2D eigenvalue weighted by atomic mass is 127. The molecule has 0 bridgehead atoms. The van der Waals surface area contributed by atoms with Crippen molar-refractivity contribution in [2.24, 2.45) is 4.99 Å². The second-order valence-corrected chi connectivity index (χ2v) is 5.91. The molecule has 1 amide bonds. The fourth-order valence-electron chi connectivity index (χ4n) is 2.41. The van der Waals surface area contributed by atoms with Gasteiger partial charge in [0.25, 0.3) is 5.91 Å². The molecule has 0 unspecified atom stereocenters. The van der Waals surface area contributed by atoms with E-state index in [1.807, 2.05) is 24.3 Å². The molecule has 0 aromatic heterocycles. The fraction of sp³-hybridized carbons (Fsp3) is 0.300. The van der Waals surface area contributed by atoms with E-state index in [4.69, 9.17) is 0 Å². The van der Waals surface area contributed by atoms with E-state index in [0.717, 1.165) is 12.0 Å². The van der Waals surface area contributed by atoms with E-state index in [0.29, 0.717) is 36.7 Å². The number of halogens is 2. The zero-order chi connectivity index (χ0) is 18.8. The zero-order valence-corrected chi connectivity index (χ0v) is 17.9. The van der Waals surface area contributed by atoms with Crippen LogP contribution in [0.1, 0.15) is 27.9 Å². The molecule has 7 heteroatoms. The Bertz CT molecular complexity index is 753. The highest BCUT2D eigenvalue weighted by Crippen LogP contribution is 2.08. The Hall–Kier alpha value is -2.16. The smallest absolute Gasteiger partial charge is 0.251 e. The average Bonchev–Trinajstić information content (AvgIpc) is 2.67. The molecule has 0 aliphatic rings. The van der Waals surface area contributed by atoms with Gasteiger partial charge < -0.3 is 16.0 Å². The van der Waals surface area contributed by atoms with Gasteiger partial charge in [0.2, 0.25) is 0 Å². The summed E-state index contributed by atoms with van der Waals surface area (Å²) in [6, 6.07) is 14.2. The molecule has 0 saturated heterocycles. The van der Waals surface area contributed by atoms with Crippen molar-refractivity contribution in [2.45, 2.75) is 19.9 Å². The molecule has 2 rings (SSSR count). The summed E-state index contributed by atoms with van der Waals surface area (Å²) in [6.45, 7) is 3.56. The van der Waals surface area contributed by atoms with Crippen LogP contribution in [0.5, 0.6) is 0 Å². The van der Waals surface area contributed by atoms with E-state index in [1.54, 1.807) is 32.2 Å². The summed E-state index contributed by atoms with van der Waals surface area (Å²) in [4.78, 5) is 16.1. The van der Waals surface area contributed by atoms with Crippen molar-refractivity contribution in [1.82, 2.24) is 16.0 Å². The maximum Gasteiger partial charge on any atom is 0.251 e. The second-order valence-electron chi connectivity index (χ2n) is 5.91. The third-order valence-corrected chi connectivity index (χ3v) is 3.87. The largest absolute Gasteiger partial charge is 0.356 e. The number of nitrogens with zero attached hydrogens (tertiary/aromatic N) is 1. The van der Waals surface area contributed by atoms with Crippen LogP contribution >= 0.6 is 24.0 Å². The van der Waals surface area contributed by atoms with Gasteiger partial charge in [0.1, 0.15) is 5.82 Å². The van der Waals surface area contributed by atoms with E-state index in [9.17, 15) is 9.18 Å². The van der Waals surface area contributed by atoms with E-state index < -0.39 is 0 Å². The number of guanidine groups is 1. The zero-order valence-electron chi connectivity index (χ0n) is 15.6. The summed E-state index contributed by atoms with van der Waals surface area (Å²) < 4.78 is 13.3. The number of benzene rings is 2. The average molecular weight is 484 g/mol. The van der Waals surface area contributed by atoms with Gasteiger partial charge in [0, 0.05) is 32.2 Å². The molecule has 2 aromatic carbocycles. The van der Waals surface area contributed by atoms with Gasteiger partial charge in [-0.1, -0.05) is 30.3 Å². The number of nitrogens with one attached hydrogen (secondary N) is 3. The van der Waals surface area contributed by atoms with Gasteiger partial charge in [-0.25, -0.2) is 4.39 Å². The lowest BCUT2D eigenvalue weighted by atomic mass is 10.1. The first-order chi connectivity index (χ1) is 12.6. The van der Waals surface area contributed by atoms with Crippen LogP contribution < -0.4 is 16.0 Å². The molecule has 0 fully saturated rings. The van der Waals surface area contributed by atoms with Crippen molar-refractivity contribution in [3.05, 3.63) is 71.0 Å². The van der Waals surface area contributed by atoms with Crippen LogP contribution in [-0.2, 0) is 6.54 Å². The molecule has 0 atom stereocenters. The predicted molar refractivity (Wildman–Crippen MR) is 118 cm³/mol. The van der Waals surface area contributed by atoms with Crippen LogP contribution in [0.2, 0.25) is 0 Å². The molecule has 0 radical (unpaired) electrons. The number of carbonyl (C=O) groups is 1. The minimum atomic E-state index is -0.200. The van der Waals surface area contributed by atoms with Crippen LogP contribution in [-0.4, -0.2) is 32.0 Å². The maximum atomic E-state index is 13.3. The lowest BCUT2D eigenvalue weighted by Crippen LogP contribution is -2.38. The molecular weight excluding hydrogens is 458 g/mol. The number of carbonyl (C=O) groups excluding carboxylic acids is 1. The van der Waals surface area contributed by atoms with E-state index in [-0.39, 0.29) is 35.7 Å². The molecule has 146 valence electrons. The quantitative estimate of drug-likeness (QED) is 0.245. The van der Waals surface area contributed by atoms with Gasteiger partial charge in [-0.3, -0.25) is 9.79 Å². The Kier molecular flexibility index (Phi) is 10.4. The predicted octanol–water partition coefficient (Wildman–Crippen LogP) is 3.24. The molecule has 0 aliphatic heterocycles. The minimum Gasteiger partial charge on any atom is -0.356 e. The minimum absolute atomic E-state index is 0. The first-order valence-corrected chi connectivity index (χ1v) is 8.63. The van der Waals surface area contributed by atoms with Gasteiger partial charge in [0.15, 0.2) is 5.96 Å². The number of rotatable bonds is 7. The Labute approximate surface area is 176 Å². The molecular formula is C20H26FIN4O. The van der Waals surface area contributed by atoms with Gasteiger partial charge >= 0.3 is 0 Å². The van der Waals surface area contributed by atoms with Crippen LogP contribution in [0.4, 0.5) is 4.39 Å². The standard InChI is InChI=1S/C20H25FN4O.HI/c1-15-13-16(9-10-18(15)21)14-25-20(22-2)24-12-6-11-23-19(26)17-7-4-3-5-8-17;/h3-5,7-10,13H,6,11-12,14H2,1-2H3,(H,23,26)(H2,22,24,25);1H. The van der Waals surface area contributed by atoms with Gasteiger partial charge in [-0.05, 0) is 42.7 Å². The number of aliphatic imine (C=N–C) groups is 1. The number of hydrogen-bond acceptors (Lipinski definition) is 2. The molecule has 0 heterocycles. The molecule has 0 saturated carbocycles. The summed E-state index contributed by atoms with van der Waals surface area (Å²) >= 11 is 0. The van der Waals surface area contributed by atoms with Crippen LogP contribution in [0.3, 0.4) is 0 Å². The highest BCUT2D eigenvalue weighted by Gasteiger charge is 2.04. The summed E-state index contributed by atoms with van der Waals surface area (Å²) in [5.74, 6) is 0.398. The van der Waals surface area contributed by atoms with Crippen molar-refractivity contribution in [3.8, 4) is 0 Å². The topological polar surface area (TPSA) is 65.5 Å². The second kappa shape index (κ2) is 12.3. The third kappa shape index (κ3) is 7.94. The lowest BCUT2D eigenvalue weighted by molar-refractivity contribution is 0.0953. The lowest BCUT2D eigenvalue weighted by Gasteiger charge is -2.12. The van der Waals surface area contributed by atoms with Gasteiger partial charge in [-0.2, -0.15) is 0 Å². The van der Waals surface area contributed by atoms with E-state index >= 15 is 0 Å². The maximum absolute atomic E-state index is 13.3. The van der Waals surface area contributed by atoms with Crippen LogP contribution in [0.15, 0.2) is 53.5 Å². The van der Waals surface area contributed by atoms with E-state index in [2.05, 4.69) is 20.9 Å². The highest BCUT2D eigenvalue weighted by molar-refractivity contribution is 14.0. The Morgan fingerprint density at radius 3 is 2.41 bits per heavy atom. The Morgan fingerprint density at radius 2 is 1.74 bits per heavy atom. The normalized spacial score (nSPS) is 10.7. The van der Waals surface area contributed by atoms with Crippen molar-refractivity contribution in [2.75, 3.05) is 20.1 Å². The SMILES string of the molecule is CN=C(NCCCNC(=O)c1ccccc1)NCc1ccc(F)c(C)c1.I. The van der Waals surface area contributed by atoms with Crippen LogP contribution in [0.25, 0.3) is 0 Å². The molecule has 27 heavy (non-hydrogen) atoms. The molecule has 2 aromatic rings. The van der Waals surface area contributed by atoms with Crippen molar-refractivity contribution in [3.63, 3.8) is 0 Å². The molecule has 5 nitrogen and oxygen atoms in total. The Balaban J connectivity index is 0.00000364. The number of amides is 1. The van der Waals surface area contributed by atoms with Crippen LogP contribution in [0, 0.1) is 12.7 Å². The van der Waals surface area contributed by atoms with Crippen molar-refractivity contribution >= 4 is 35.8 Å². The summed E-state index contributed by atoms with van der Waals surface area (Å²) in [7, 11) is 1.70. The summed E-state index contributed by atoms with van der Waals surface area (Å²) in [6.07, 6.45) is 0.773. The van der Waals surface area contributed by atoms with Crippen molar-refractivity contribution < 1.29 is 9.18 Å². The first kappa shape index (κ1) is 22.9. The monoisotopic (exact) mass is 484 g/mol. The van der Waals surface area contributed by atoms with Crippen molar-refractivity contribution in [1.29, 1.82) is 0 Å². The summed E-state index contributed by atoms with van der Waals surface area (Å²) in [5, 5.41) is 9.27. The Morgan fingerprint density at radius 1 is 1.04 bits per heavy atom. The third-order valence-electron chi connectivity index (χ3n) is 3.87.